The lowest BCUT2D eigenvalue weighted by Crippen LogP contribution is -2.38. The summed E-state index contributed by atoms with van der Waals surface area (Å²) in [4.78, 5) is 13.9. The first kappa shape index (κ1) is 19.1. The van der Waals surface area contributed by atoms with Crippen LogP contribution in [0.2, 0.25) is 0 Å². The van der Waals surface area contributed by atoms with E-state index in [0.717, 1.165) is 5.56 Å². The van der Waals surface area contributed by atoms with Crippen LogP contribution in [0.5, 0.6) is 0 Å². The fraction of sp³-hybridized carbons (Fsp3) is 0.556. The molecule has 1 aromatic carbocycles. The molecule has 0 saturated carbocycles. The summed E-state index contributed by atoms with van der Waals surface area (Å²) in [6.07, 6.45) is 0.0980. The number of carbonyl (C=O) groups excluding carboxylic acids is 1. The van der Waals surface area contributed by atoms with E-state index in [1.807, 2.05) is 58.0 Å². The predicted octanol–water partition coefficient (Wildman–Crippen LogP) is 2.06. The Labute approximate surface area is 148 Å². The highest BCUT2D eigenvalue weighted by Gasteiger charge is 2.27. The van der Waals surface area contributed by atoms with Gasteiger partial charge in [-0.05, 0) is 23.5 Å². The first-order valence-electron chi connectivity index (χ1n) is 8.70. The first-order chi connectivity index (χ1) is 11.9. The summed E-state index contributed by atoms with van der Waals surface area (Å²) in [5.74, 6) is 0.508. The summed E-state index contributed by atoms with van der Waals surface area (Å²) in [5.41, 5.74) is 0.858. The van der Waals surface area contributed by atoms with E-state index >= 15 is 0 Å². The Bertz CT molecular complexity index is 669. The molecular formula is C18H27N5O2. The highest BCUT2D eigenvalue weighted by Crippen LogP contribution is 2.18. The van der Waals surface area contributed by atoms with E-state index in [-0.39, 0.29) is 17.7 Å². The monoisotopic (exact) mass is 345 g/mol. The zero-order valence-electron chi connectivity index (χ0n) is 15.3. The third kappa shape index (κ3) is 5.09. The molecule has 7 heteroatoms. The minimum atomic E-state index is -0.541. The topological polar surface area (TPSA) is 92.9 Å². The Morgan fingerprint density at radius 3 is 2.44 bits per heavy atom. The average Bonchev–Trinajstić information content (AvgIpc) is 3.04. The van der Waals surface area contributed by atoms with Crippen LogP contribution in [-0.4, -0.2) is 43.9 Å². The van der Waals surface area contributed by atoms with Crippen molar-refractivity contribution in [2.24, 2.45) is 11.8 Å². The maximum absolute atomic E-state index is 12.6. The van der Waals surface area contributed by atoms with Crippen LogP contribution in [0.25, 0.3) is 11.4 Å². The second-order valence-electron chi connectivity index (χ2n) is 6.88. The van der Waals surface area contributed by atoms with Gasteiger partial charge in [-0.15, -0.1) is 10.2 Å². The lowest BCUT2D eigenvalue weighted by molar-refractivity contribution is -0.126. The molecule has 1 amide bonds. The second kappa shape index (κ2) is 8.71. The van der Waals surface area contributed by atoms with Crippen molar-refractivity contribution in [2.75, 3.05) is 6.54 Å². The minimum absolute atomic E-state index is 0.00726. The van der Waals surface area contributed by atoms with Crippen LogP contribution < -0.4 is 5.32 Å². The van der Waals surface area contributed by atoms with Crippen molar-refractivity contribution in [1.82, 2.24) is 25.5 Å². The van der Waals surface area contributed by atoms with Crippen LogP contribution in [0.15, 0.2) is 30.3 Å². The van der Waals surface area contributed by atoms with Gasteiger partial charge in [0, 0.05) is 12.1 Å². The summed E-state index contributed by atoms with van der Waals surface area (Å²) >= 11 is 0. The van der Waals surface area contributed by atoms with Gasteiger partial charge in [-0.1, -0.05) is 58.0 Å². The number of rotatable bonds is 8. The Morgan fingerprint density at radius 2 is 1.84 bits per heavy atom. The number of aliphatic hydroxyl groups is 1. The third-order valence-electron chi connectivity index (χ3n) is 4.12. The second-order valence-corrected chi connectivity index (χ2v) is 6.88. The molecule has 0 aliphatic heterocycles. The fourth-order valence-corrected chi connectivity index (χ4v) is 2.50. The molecule has 2 atom stereocenters. The molecule has 0 aliphatic carbocycles. The largest absolute Gasteiger partial charge is 0.393 e. The number of aliphatic hydroxyl groups excluding tert-OH is 1. The molecule has 2 N–H and O–H groups in total. The summed E-state index contributed by atoms with van der Waals surface area (Å²) < 4.78 is 0. The van der Waals surface area contributed by atoms with Crippen molar-refractivity contribution < 1.29 is 9.90 Å². The van der Waals surface area contributed by atoms with E-state index in [4.69, 9.17) is 0 Å². The summed E-state index contributed by atoms with van der Waals surface area (Å²) in [6.45, 7) is 8.21. The van der Waals surface area contributed by atoms with Gasteiger partial charge >= 0.3 is 0 Å². The summed E-state index contributed by atoms with van der Waals surface area (Å²) in [7, 11) is 0. The van der Waals surface area contributed by atoms with Gasteiger partial charge in [0.05, 0.1) is 6.10 Å². The molecule has 136 valence electrons. The van der Waals surface area contributed by atoms with E-state index in [1.165, 1.54) is 4.80 Å². The maximum Gasteiger partial charge on any atom is 0.247 e. The van der Waals surface area contributed by atoms with Crippen LogP contribution in [0.1, 0.15) is 40.2 Å². The molecule has 2 rings (SSSR count). The van der Waals surface area contributed by atoms with Crippen LogP contribution in [0.3, 0.4) is 0 Å². The maximum atomic E-state index is 12.6. The molecule has 25 heavy (non-hydrogen) atoms. The van der Waals surface area contributed by atoms with Crippen molar-refractivity contribution in [3.8, 4) is 11.4 Å². The van der Waals surface area contributed by atoms with E-state index in [1.54, 1.807) is 0 Å². The van der Waals surface area contributed by atoms with Gasteiger partial charge in [-0.25, -0.2) is 0 Å². The quantitative estimate of drug-likeness (QED) is 0.764. The molecule has 2 unspecified atom stereocenters. The molecule has 0 radical (unpaired) electrons. The third-order valence-corrected chi connectivity index (χ3v) is 4.12. The molecule has 1 aromatic heterocycles. The van der Waals surface area contributed by atoms with Crippen molar-refractivity contribution in [3.05, 3.63) is 30.3 Å². The number of tetrazole rings is 1. The number of nitrogens with one attached hydrogen (secondary N) is 1. The number of carbonyl (C=O) groups is 1. The van der Waals surface area contributed by atoms with Gasteiger partial charge in [0.25, 0.3) is 0 Å². The van der Waals surface area contributed by atoms with E-state index in [0.29, 0.717) is 18.8 Å². The van der Waals surface area contributed by atoms with Gasteiger partial charge < -0.3 is 10.4 Å². The normalized spacial score (nSPS) is 13.9. The highest BCUT2D eigenvalue weighted by molar-refractivity contribution is 5.80. The van der Waals surface area contributed by atoms with Crippen molar-refractivity contribution in [2.45, 2.75) is 46.3 Å². The van der Waals surface area contributed by atoms with Crippen LogP contribution in [0, 0.1) is 11.8 Å². The Kier molecular flexibility index (Phi) is 6.64. The Morgan fingerprint density at radius 1 is 1.16 bits per heavy atom. The Hall–Kier alpha value is -2.28. The predicted molar refractivity (Wildman–Crippen MR) is 95.6 cm³/mol. The Balaban J connectivity index is 2.05. The van der Waals surface area contributed by atoms with Crippen LogP contribution >= 0.6 is 0 Å². The lowest BCUT2D eigenvalue weighted by atomic mass is 10.0. The standard InChI is InChI=1S/C18H27N5O2/c1-12(2)15(24)10-11-19-18(25)16(13(3)4)23-21-17(20-22-23)14-8-6-5-7-9-14/h5-9,12-13,15-16,24H,10-11H2,1-4H3,(H,19,25). The van der Waals surface area contributed by atoms with E-state index in [2.05, 4.69) is 20.7 Å². The van der Waals surface area contributed by atoms with Gasteiger partial charge in [0.2, 0.25) is 11.7 Å². The molecule has 0 bridgehead atoms. The molecule has 0 fully saturated rings. The number of benzene rings is 1. The SMILES string of the molecule is CC(C)C(O)CCNC(=O)C(C(C)C)n1nnc(-c2ccccc2)n1. The van der Waals surface area contributed by atoms with Crippen LogP contribution in [0.4, 0.5) is 0 Å². The average molecular weight is 345 g/mol. The van der Waals surface area contributed by atoms with E-state index < -0.39 is 12.1 Å². The van der Waals surface area contributed by atoms with Crippen molar-refractivity contribution in [1.29, 1.82) is 0 Å². The number of nitrogens with zero attached hydrogens (tertiary/aromatic N) is 4. The molecule has 0 saturated heterocycles. The first-order valence-corrected chi connectivity index (χ1v) is 8.70. The molecule has 2 aromatic rings. The number of amides is 1. The molecule has 0 aliphatic rings. The fourth-order valence-electron chi connectivity index (χ4n) is 2.50. The number of hydrogen-bond donors (Lipinski definition) is 2. The number of aromatic nitrogens is 4. The van der Waals surface area contributed by atoms with Gasteiger partial charge in [-0.2, -0.15) is 4.80 Å². The van der Waals surface area contributed by atoms with Gasteiger partial charge in [-0.3, -0.25) is 4.79 Å². The summed E-state index contributed by atoms with van der Waals surface area (Å²) in [6, 6.07) is 8.99. The molecule has 0 spiro atoms. The van der Waals surface area contributed by atoms with Gasteiger partial charge in [0.1, 0.15) is 0 Å². The van der Waals surface area contributed by atoms with Gasteiger partial charge in [0.15, 0.2) is 6.04 Å². The van der Waals surface area contributed by atoms with Crippen molar-refractivity contribution >= 4 is 5.91 Å². The lowest BCUT2D eigenvalue weighted by Gasteiger charge is -2.20. The molecular weight excluding hydrogens is 318 g/mol. The molecule has 7 nitrogen and oxygen atoms in total. The molecule has 1 heterocycles. The zero-order chi connectivity index (χ0) is 18.4. The zero-order valence-corrected chi connectivity index (χ0v) is 15.3. The van der Waals surface area contributed by atoms with Crippen LogP contribution in [-0.2, 0) is 4.79 Å². The van der Waals surface area contributed by atoms with Crippen molar-refractivity contribution in [3.63, 3.8) is 0 Å². The minimum Gasteiger partial charge on any atom is -0.393 e. The summed E-state index contributed by atoms with van der Waals surface area (Å²) in [5, 5.41) is 25.2. The highest BCUT2D eigenvalue weighted by atomic mass is 16.3. The van der Waals surface area contributed by atoms with E-state index in [9.17, 15) is 9.90 Å². The number of hydrogen-bond acceptors (Lipinski definition) is 5. The smallest absolute Gasteiger partial charge is 0.247 e.